The lowest BCUT2D eigenvalue weighted by molar-refractivity contribution is -0.142. The van der Waals surface area contributed by atoms with Crippen molar-refractivity contribution in [2.45, 2.75) is 13.0 Å². The fraction of sp³-hybridized carbons (Fsp3) is 0.750. The van der Waals surface area contributed by atoms with Crippen LogP contribution < -0.4 is 10.6 Å². The van der Waals surface area contributed by atoms with Gasteiger partial charge in [0.15, 0.2) is 5.11 Å². The molecular weight excluding hydrogens is 204 g/mol. The Morgan fingerprint density at radius 2 is 2.14 bits per heavy atom. The minimum Gasteiger partial charge on any atom is -0.467 e. The molecule has 82 valence electrons. The van der Waals surface area contributed by atoms with Gasteiger partial charge in [-0.2, -0.15) is 0 Å². The lowest BCUT2D eigenvalue weighted by atomic mass is 10.3. The quantitative estimate of drug-likeness (QED) is 0.375. The Labute approximate surface area is 89.1 Å². The van der Waals surface area contributed by atoms with E-state index in [1.807, 2.05) is 0 Å². The maximum Gasteiger partial charge on any atom is 0.328 e. The SMILES string of the molecule is COCCNC(=S)NC(C)C(=O)OC. The molecule has 0 fully saturated rings. The van der Waals surface area contributed by atoms with Crippen LogP contribution in [0.1, 0.15) is 6.92 Å². The fourth-order valence-electron chi connectivity index (χ4n) is 0.750. The Balaban J connectivity index is 3.65. The summed E-state index contributed by atoms with van der Waals surface area (Å²) in [6, 6.07) is -0.442. The minimum absolute atomic E-state index is 0.346. The zero-order valence-corrected chi connectivity index (χ0v) is 9.44. The minimum atomic E-state index is -0.442. The average molecular weight is 220 g/mol. The van der Waals surface area contributed by atoms with E-state index in [1.54, 1.807) is 14.0 Å². The maximum absolute atomic E-state index is 11.0. The first-order chi connectivity index (χ1) is 6.61. The number of ether oxygens (including phenoxy) is 2. The fourth-order valence-corrected chi connectivity index (χ4v) is 1.03. The van der Waals surface area contributed by atoms with Crippen LogP contribution in [0.15, 0.2) is 0 Å². The summed E-state index contributed by atoms with van der Waals surface area (Å²) in [5.41, 5.74) is 0. The summed E-state index contributed by atoms with van der Waals surface area (Å²) in [6.07, 6.45) is 0. The third-order valence-electron chi connectivity index (χ3n) is 1.49. The first-order valence-electron chi connectivity index (χ1n) is 4.23. The van der Waals surface area contributed by atoms with Gasteiger partial charge in [-0.1, -0.05) is 0 Å². The van der Waals surface area contributed by atoms with Gasteiger partial charge in [-0.05, 0) is 19.1 Å². The summed E-state index contributed by atoms with van der Waals surface area (Å²) in [6.45, 7) is 2.85. The predicted octanol–water partition coefficient (Wildman–Crippen LogP) is -0.342. The van der Waals surface area contributed by atoms with Crippen molar-refractivity contribution in [3.05, 3.63) is 0 Å². The van der Waals surface area contributed by atoms with Gasteiger partial charge in [0.25, 0.3) is 0 Å². The molecule has 5 nitrogen and oxygen atoms in total. The van der Waals surface area contributed by atoms with E-state index < -0.39 is 6.04 Å². The summed E-state index contributed by atoms with van der Waals surface area (Å²) in [5.74, 6) is -0.346. The Morgan fingerprint density at radius 3 is 2.64 bits per heavy atom. The molecule has 1 unspecified atom stereocenters. The molecular formula is C8H16N2O3S. The maximum atomic E-state index is 11.0. The topological polar surface area (TPSA) is 59.6 Å². The number of hydrogen-bond acceptors (Lipinski definition) is 4. The molecule has 0 rings (SSSR count). The number of hydrogen-bond donors (Lipinski definition) is 2. The van der Waals surface area contributed by atoms with E-state index in [1.165, 1.54) is 7.11 Å². The molecule has 0 heterocycles. The molecule has 1 atom stereocenters. The molecule has 2 N–H and O–H groups in total. The predicted molar refractivity (Wildman–Crippen MR) is 57.1 cm³/mol. The molecule has 14 heavy (non-hydrogen) atoms. The van der Waals surface area contributed by atoms with Crippen LogP contribution in [0.2, 0.25) is 0 Å². The lowest BCUT2D eigenvalue weighted by Gasteiger charge is -2.14. The van der Waals surface area contributed by atoms with Crippen molar-refractivity contribution in [3.63, 3.8) is 0 Å². The molecule has 0 aliphatic rings. The third-order valence-corrected chi connectivity index (χ3v) is 1.76. The van der Waals surface area contributed by atoms with Crippen LogP contribution in [-0.4, -0.2) is 44.5 Å². The highest BCUT2D eigenvalue weighted by atomic mass is 32.1. The molecule has 0 aliphatic heterocycles. The molecule has 0 aromatic carbocycles. The highest BCUT2D eigenvalue weighted by Crippen LogP contribution is 1.85. The molecule has 6 heteroatoms. The van der Waals surface area contributed by atoms with E-state index in [2.05, 4.69) is 15.4 Å². The van der Waals surface area contributed by atoms with Crippen molar-refractivity contribution in [2.24, 2.45) is 0 Å². The number of esters is 1. The van der Waals surface area contributed by atoms with Crippen LogP contribution in [0.5, 0.6) is 0 Å². The second kappa shape index (κ2) is 7.52. The van der Waals surface area contributed by atoms with E-state index in [4.69, 9.17) is 17.0 Å². The van der Waals surface area contributed by atoms with Crippen molar-refractivity contribution >= 4 is 23.3 Å². The summed E-state index contributed by atoms with van der Waals surface area (Å²) < 4.78 is 9.35. The van der Waals surface area contributed by atoms with E-state index in [0.29, 0.717) is 18.3 Å². The van der Waals surface area contributed by atoms with Gasteiger partial charge in [0.05, 0.1) is 13.7 Å². The summed E-state index contributed by atoms with van der Waals surface area (Å²) in [4.78, 5) is 11.0. The van der Waals surface area contributed by atoms with Gasteiger partial charge >= 0.3 is 5.97 Å². The monoisotopic (exact) mass is 220 g/mol. The van der Waals surface area contributed by atoms with Gasteiger partial charge in [0.2, 0.25) is 0 Å². The highest BCUT2D eigenvalue weighted by Gasteiger charge is 2.12. The summed E-state index contributed by atoms with van der Waals surface area (Å²) in [5, 5.41) is 6.08. The van der Waals surface area contributed by atoms with Crippen LogP contribution in [0.3, 0.4) is 0 Å². The van der Waals surface area contributed by atoms with Gasteiger partial charge in [0, 0.05) is 13.7 Å². The number of carbonyl (C=O) groups excluding carboxylic acids is 1. The van der Waals surface area contributed by atoms with Crippen molar-refractivity contribution in [1.29, 1.82) is 0 Å². The van der Waals surface area contributed by atoms with Crippen LogP contribution in [-0.2, 0) is 14.3 Å². The highest BCUT2D eigenvalue weighted by molar-refractivity contribution is 7.80. The van der Waals surface area contributed by atoms with Crippen LogP contribution in [0.4, 0.5) is 0 Å². The summed E-state index contributed by atoms with van der Waals surface area (Å²) >= 11 is 4.93. The molecule has 0 bridgehead atoms. The summed E-state index contributed by atoms with van der Waals surface area (Å²) in [7, 11) is 2.94. The van der Waals surface area contributed by atoms with Gasteiger partial charge < -0.3 is 20.1 Å². The number of nitrogens with one attached hydrogen (secondary N) is 2. The molecule has 0 radical (unpaired) electrons. The van der Waals surface area contributed by atoms with E-state index in [-0.39, 0.29) is 5.97 Å². The second-order valence-electron chi connectivity index (χ2n) is 2.64. The molecule has 0 saturated carbocycles. The van der Waals surface area contributed by atoms with Crippen LogP contribution >= 0.6 is 12.2 Å². The Kier molecular flexibility index (Phi) is 7.04. The van der Waals surface area contributed by atoms with Crippen molar-refractivity contribution in [2.75, 3.05) is 27.4 Å². The molecule has 0 aliphatic carbocycles. The lowest BCUT2D eigenvalue weighted by Crippen LogP contribution is -2.45. The Morgan fingerprint density at radius 1 is 1.50 bits per heavy atom. The molecule has 0 saturated heterocycles. The third kappa shape index (κ3) is 5.71. The number of rotatable bonds is 5. The van der Waals surface area contributed by atoms with Crippen molar-refractivity contribution < 1.29 is 14.3 Å². The van der Waals surface area contributed by atoms with Gasteiger partial charge in [-0.25, -0.2) is 4.79 Å². The van der Waals surface area contributed by atoms with Crippen molar-refractivity contribution in [3.8, 4) is 0 Å². The zero-order chi connectivity index (χ0) is 11.0. The van der Waals surface area contributed by atoms with E-state index >= 15 is 0 Å². The van der Waals surface area contributed by atoms with Gasteiger partial charge in [0.1, 0.15) is 6.04 Å². The van der Waals surface area contributed by atoms with Gasteiger partial charge in [-0.3, -0.25) is 0 Å². The van der Waals surface area contributed by atoms with Gasteiger partial charge in [-0.15, -0.1) is 0 Å². The largest absolute Gasteiger partial charge is 0.467 e. The van der Waals surface area contributed by atoms with E-state index in [0.717, 1.165) is 0 Å². The normalized spacial score (nSPS) is 11.6. The average Bonchev–Trinajstić information content (AvgIpc) is 2.16. The Hall–Kier alpha value is -0.880. The number of carbonyl (C=O) groups is 1. The Bertz CT molecular complexity index is 199. The standard InChI is InChI=1S/C8H16N2O3S/c1-6(7(11)13-3)10-8(14)9-4-5-12-2/h6H,4-5H2,1-3H3,(H2,9,10,14). The number of methoxy groups -OCH3 is 2. The molecule has 0 aromatic rings. The van der Waals surface area contributed by atoms with Crippen LogP contribution in [0, 0.1) is 0 Å². The molecule has 0 aromatic heterocycles. The first-order valence-corrected chi connectivity index (χ1v) is 4.63. The smallest absolute Gasteiger partial charge is 0.328 e. The number of thiocarbonyl (C=S) groups is 1. The molecule has 0 amide bonds. The molecule has 0 spiro atoms. The first kappa shape index (κ1) is 13.1. The van der Waals surface area contributed by atoms with Crippen LogP contribution in [0.25, 0.3) is 0 Å². The second-order valence-corrected chi connectivity index (χ2v) is 3.05. The zero-order valence-electron chi connectivity index (χ0n) is 8.62. The van der Waals surface area contributed by atoms with Crippen molar-refractivity contribution in [1.82, 2.24) is 10.6 Å². The van der Waals surface area contributed by atoms with E-state index in [9.17, 15) is 4.79 Å².